The first-order valence-electron chi connectivity index (χ1n) is 7.94. The number of nitrogens with two attached hydrogens (primary N) is 1. The number of nitrogens with zero attached hydrogens (tertiary/aromatic N) is 1. The molecule has 3 rings (SSSR count). The van der Waals surface area contributed by atoms with Crippen LogP contribution >= 0.6 is 15.9 Å². The van der Waals surface area contributed by atoms with Gasteiger partial charge in [-0.05, 0) is 48.8 Å². The maximum absolute atomic E-state index is 6.35. The summed E-state index contributed by atoms with van der Waals surface area (Å²) in [4.78, 5) is 2.68. The van der Waals surface area contributed by atoms with Gasteiger partial charge in [-0.1, -0.05) is 41.4 Å². The number of hydrogen-bond donors (Lipinski definition) is 1. The van der Waals surface area contributed by atoms with Gasteiger partial charge in [0, 0.05) is 29.6 Å². The minimum atomic E-state index is 0.429. The molecule has 0 spiro atoms. The second-order valence-electron chi connectivity index (χ2n) is 6.45. The van der Waals surface area contributed by atoms with Gasteiger partial charge in [-0.3, -0.25) is 4.90 Å². The molecule has 1 aliphatic carbocycles. The van der Waals surface area contributed by atoms with Gasteiger partial charge in [-0.25, -0.2) is 0 Å². The predicted octanol–water partition coefficient (Wildman–Crippen LogP) is 3.96. The van der Waals surface area contributed by atoms with Crippen LogP contribution in [-0.4, -0.2) is 24.0 Å². The van der Waals surface area contributed by atoms with Crippen LogP contribution < -0.4 is 5.73 Å². The van der Waals surface area contributed by atoms with Crippen molar-refractivity contribution >= 4 is 15.9 Å². The van der Waals surface area contributed by atoms with Gasteiger partial charge in [0.05, 0.1) is 0 Å². The molecular weight excluding hydrogens is 312 g/mol. The van der Waals surface area contributed by atoms with E-state index >= 15 is 0 Å². The average molecular weight is 337 g/mol. The third kappa shape index (κ3) is 2.81. The number of fused-ring (bicyclic) bond motifs is 1. The smallest absolute Gasteiger partial charge is 0.0346 e. The highest BCUT2D eigenvalue weighted by Crippen LogP contribution is 2.40. The van der Waals surface area contributed by atoms with Crippen LogP contribution in [0, 0.1) is 11.8 Å². The van der Waals surface area contributed by atoms with Gasteiger partial charge in [0.1, 0.15) is 0 Å². The SMILES string of the molecule is CCC(c1cccc(Br)c1)N1CC2CCCC(N)C2C1. The number of rotatable bonds is 3. The van der Waals surface area contributed by atoms with E-state index in [0.29, 0.717) is 12.1 Å². The highest BCUT2D eigenvalue weighted by molar-refractivity contribution is 9.10. The van der Waals surface area contributed by atoms with Gasteiger partial charge >= 0.3 is 0 Å². The van der Waals surface area contributed by atoms with E-state index in [9.17, 15) is 0 Å². The Hall–Kier alpha value is -0.380. The van der Waals surface area contributed by atoms with E-state index in [1.807, 2.05) is 0 Å². The number of hydrogen-bond acceptors (Lipinski definition) is 2. The molecule has 1 aromatic carbocycles. The Morgan fingerprint density at radius 2 is 2.20 bits per heavy atom. The van der Waals surface area contributed by atoms with Crippen LogP contribution in [0.5, 0.6) is 0 Å². The lowest BCUT2D eigenvalue weighted by Crippen LogP contribution is -2.38. The Morgan fingerprint density at radius 1 is 1.35 bits per heavy atom. The molecule has 2 fully saturated rings. The monoisotopic (exact) mass is 336 g/mol. The Morgan fingerprint density at radius 3 is 2.90 bits per heavy atom. The van der Waals surface area contributed by atoms with E-state index in [-0.39, 0.29) is 0 Å². The molecule has 4 atom stereocenters. The van der Waals surface area contributed by atoms with Crippen LogP contribution in [0.25, 0.3) is 0 Å². The third-order valence-corrected chi connectivity index (χ3v) is 5.74. The third-order valence-electron chi connectivity index (χ3n) is 5.24. The van der Waals surface area contributed by atoms with Gasteiger partial charge < -0.3 is 5.73 Å². The second-order valence-corrected chi connectivity index (χ2v) is 7.37. The molecule has 4 unspecified atom stereocenters. The Balaban J connectivity index is 1.77. The molecule has 2 nitrogen and oxygen atoms in total. The molecule has 0 bridgehead atoms. The molecular formula is C17H25BrN2. The summed E-state index contributed by atoms with van der Waals surface area (Å²) in [7, 11) is 0. The van der Waals surface area contributed by atoms with E-state index in [2.05, 4.69) is 52.0 Å². The summed E-state index contributed by atoms with van der Waals surface area (Å²) in [5.41, 5.74) is 7.79. The highest BCUT2D eigenvalue weighted by Gasteiger charge is 2.40. The van der Waals surface area contributed by atoms with Crippen molar-refractivity contribution in [3.63, 3.8) is 0 Å². The van der Waals surface area contributed by atoms with Crippen LogP contribution in [-0.2, 0) is 0 Å². The molecule has 20 heavy (non-hydrogen) atoms. The van der Waals surface area contributed by atoms with Crippen molar-refractivity contribution in [2.24, 2.45) is 17.6 Å². The summed E-state index contributed by atoms with van der Waals surface area (Å²) in [6.45, 7) is 4.73. The Labute approximate surface area is 130 Å². The van der Waals surface area contributed by atoms with Crippen molar-refractivity contribution in [3.8, 4) is 0 Å². The number of halogens is 1. The van der Waals surface area contributed by atoms with E-state index in [4.69, 9.17) is 5.73 Å². The second kappa shape index (κ2) is 6.17. The summed E-state index contributed by atoms with van der Waals surface area (Å²) in [6.07, 6.45) is 5.10. The molecule has 1 heterocycles. The zero-order valence-corrected chi connectivity index (χ0v) is 13.8. The lowest BCUT2D eigenvalue weighted by Gasteiger charge is -2.30. The minimum absolute atomic E-state index is 0.429. The lowest BCUT2D eigenvalue weighted by atomic mass is 9.78. The zero-order valence-electron chi connectivity index (χ0n) is 12.3. The maximum atomic E-state index is 6.35. The molecule has 0 radical (unpaired) electrons. The fourth-order valence-electron chi connectivity index (χ4n) is 4.22. The normalized spacial score (nSPS) is 32.0. The van der Waals surface area contributed by atoms with Crippen molar-refractivity contribution in [2.45, 2.75) is 44.7 Å². The van der Waals surface area contributed by atoms with Gasteiger partial charge in [0.25, 0.3) is 0 Å². The first-order valence-corrected chi connectivity index (χ1v) is 8.73. The molecule has 1 aliphatic heterocycles. The Bertz CT molecular complexity index is 462. The molecule has 2 aliphatic rings. The molecule has 0 amide bonds. The fraction of sp³-hybridized carbons (Fsp3) is 0.647. The van der Waals surface area contributed by atoms with Gasteiger partial charge in [-0.2, -0.15) is 0 Å². The first kappa shape index (κ1) is 14.6. The van der Waals surface area contributed by atoms with Gasteiger partial charge in [-0.15, -0.1) is 0 Å². The molecule has 1 saturated heterocycles. The van der Waals surface area contributed by atoms with E-state index in [1.54, 1.807) is 0 Å². The topological polar surface area (TPSA) is 29.3 Å². The predicted molar refractivity (Wildman–Crippen MR) is 87.6 cm³/mol. The standard InChI is InChI=1S/C17H25BrN2/c1-2-17(12-5-3-7-14(18)9-12)20-10-13-6-4-8-16(19)15(13)11-20/h3,5,7,9,13,15-17H,2,4,6,8,10-11,19H2,1H3. The molecule has 0 aromatic heterocycles. The van der Waals surface area contributed by atoms with Crippen LogP contribution in [0.4, 0.5) is 0 Å². The van der Waals surface area contributed by atoms with Crippen LogP contribution in [0.2, 0.25) is 0 Å². The Kier molecular flexibility index (Phi) is 4.49. The minimum Gasteiger partial charge on any atom is -0.327 e. The van der Waals surface area contributed by atoms with Gasteiger partial charge in [0.2, 0.25) is 0 Å². The summed E-state index contributed by atoms with van der Waals surface area (Å²) in [5.74, 6) is 1.56. The van der Waals surface area contributed by atoms with E-state index in [1.165, 1.54) is 48.8 Å². The zero-order chi connectivity index (χ0) is 14.1. The fourth-order valence-corrected chi connectivity index (χ4v) is 4.64. The highest BCUT2D eigenvalue weighted by atomic mass is 79.9. The largest absolute Gasteiger partial charge is 0.327 e. The van der Waals surface area contributed by atoms with Crippen LogP contribution in [0.15, 0.2) is 28.7 Å². The molecule has 2 N–H and O–H groups in total. The lowest BCUT2D eigenvalue weighted by molar-refractivity contribution is 0.225. The summed E-state index contributed by atoms with van der Waals surface area (Å²) in [5, 5.41) is 0. The van der Waals surface area contributed by atoms with E-state index in [0.717, 1.165) is 11.8 Å². The molecule has 1 saturated carbocycles. The van der Waals surface area contributed by atoms with Crippen molar-refractivity contribution in [3.05, 3.63) is 34.3 Å². The summed E-state index contributed by atoms with van der Waals surface area (Å²) in [6, 6.07) is 9.77. The van der Waals surface area contributed by atoms with E-state index < -0.39 is 0 Å². The van der Waals surface area contributed by atoms with Crippen molar-refractivity contribution in [1.29, 1.82) is 0 Å². The maximum Gasteiger partial charge on any atom is 0.0346 e. The quantitative estimate of drug-likeness (QED) is 0.905. The summed E-state index contributed by atoms with van der Waals surface area (Å²) >= 11 is 3.60. The average Bonchev–Trinajstić information content (AvgIpc) is 2.85. The van der Waals surface area contributed by atoms with Crippen molar-refractivity contribution in [1.82, 2.24) is 4.90 Å². The number of benzene rings is 1. The van der Waals surface area contributed by atoms with Crippen molar-refractivity contribution < 1.29 is 0 Å². The number of likely N-dealkylation sites (tertiary alicyclic amines) is 1. The molecule has 110 valence electrons. The summed E-state index contributed by atoms with van der Waals surface area (Å²) < 4.78 is 1.18. The molecule has 1 aromatic rings. The van der Waals surface area contributed by atoms with Crippen LogP contribution in [0.3, 0.4) is 0 Å². The van der Waals surface area contributed by atoms with Gasteiger partial charge in [0.15, 0.2) is 0 Å². The van der Waals surface area contributed by atoms with Crippen molar-refractivity contribution in [2.75, 3.05) is 13.1 Å². The first-order chi connectivity index (χ1) is 9.69. The molecule has 3 heteroatoms. The van der Waals surface area contributed by atoms with Crippen LogP contribution in [0.1, 0.15) is 44.2 Å².